The minimum absolute atomic E-state index is 0.356. The first-order chi connectivity index (χ1) is 8.61. The average molecular weight is 246 g/mol. The molecule has 3 heteroatoms. The number of aliphatic imine (C=N–C) groups is 1. The summed E-state index contributed by atoms with van der Waals surface area (Å²) in [6, 6.07) is 5.84. The summed E-state index contributed by atoms with van der Waals surface area (Å²) >= 11 is 0. The Balaban J connectivity index is 2.23. The van der Waals surface area contributed by atoms with Gasteiger partial charge in [0.15, 0.2) is 0 Å². The van der Waals surface area contributed by atoms with Crippen molar-refractivity contribution in [3.63, 3.8) is 0 Å². The predicted octanol–water partition coefficient (Wildman–Crippen LogP) is 2.46. The van der Waals surface area contributed by atoms with E-state index in [-0.39, 0.29) is 0 Å². The van der Waals surface area contributed by atoms with Crippen LogP contribution >= 0.6 is 0 Å². The SMILES string of the molecule is CN=C(c1ccc(C)cc1O)C1CCN(C)CC1. The largest absolute Gasteiger partial charge is 0.507 e. The number of aromatic hydroxyl groups is 1. The zero-order valence-electron chi connectivity index (χ0n) is 11.5. The van der Waals surface area contributed by atoms with Crippen molar-refractivity contribution in [2.75, 3.05) is 27.2 Å². The highest BCUT2D eigenvalue weighted by Gasteiger charge is 2.23. The molecule has 1 aliphatic rings. The van der Waals surface area contributed by atoms with Crippen LogP contribution in [-0.2, 0) is 0 Å². The van der Waals surface area contributed by atoms with Gasteiger partial charge in [-0.3, -0.25) is 4.99 Å². The highest BCUT2D eigenvalue weighted by atomic mass is 16.3. The second-order valence-corrected chi connectivity index (χ2v) is 5.21. The Bertz CT molecular complexity index is 446. The number of likely N-dealkylation sites (tertiary alicyclic amines) is 1. The van der Waals surface area contributed by atoms with Crippen molar-refractivity contribution < 1.29 is 5.11 Å². The Labute approximate surface area is 109 Å². The average Bonchev–Trinajstić information content (AvgIpc) is 2.35. The van der Waals surface area contributed by atoms with Crippen molar-refractivity contribution in [1.82, 2.24) is 4.90 Å². The number of hydrogen-bond acceptors (Lipinski definition) is 3. The summed E-state index contributed by atoms with van der Waals surface area (Å²) in [5.74, 6) is 0.828. The van der Waals surface area contributed by atoms with Gasteiger partial charge < -0.3 is 10.0 Å². The second kappa shape index (κ2) is 5.53. The summed E-state index contributed by atoms with van der Waals surface area (Å²) in [5, 5.41) is 10.1. The van der Waals surface area contributed by atoms with E-state index in [1.807, 2.05) is 32.2 Å². The van der Waals surface area contributed by atoms with E-state index in [1.54, 1.807) is 0 Å². The van der Waals surface area contributed by atoms with Gasteiger partial charge in [0.2, 0.25) is 0 Å². The molecule has 1 fully saturated rings. The third kappa shape index (κ3) is 2.72. The number of nitrogens with zero attached hydrogens (tertiary/aromatic N) is 2. The van der Waals surface area contributed by atoms with Crippen molar-refractivity contribution in [1.29, 1.82) is 0 Å². The summed E-state index contributed by atoms with van der Waals surface area (Å²) in [7, 11) is 3.98. The smallest absolute Gasteiger partial charge is 0.124 e. The molecule has 1 aliphatic heterocycles. The lowest BCUT2D eigenvalue weighted by Gasteiger charge is -2.30. The molecule has 0 bridgehead atoms. The third-order valence-electron chi connectivity index (χ3n) is 3.78. The molecule has 0 aliphatic carbocycles. The first kappa shape index (κ1) is 13.1. The zero-order chi connectivity index (χ0) is 13.1. The van der Waals surface area contributed by atoms with Crippen LogP contribution in [0.3, 0.4) is 0 Å². The summed E-state index contributed by atoms with van der Waals surface area (Å²) in [5.41, 5.74) is 3.04. The third-order valence-corrected chi connectivity index (χ3v) is 3.78. The summed E-state index contributed by atoms with van der Waals surface area (Å²) < 4.78 is 0. The Morgan fingerprint density at radius 1 is 1.33 bits per heavy atom. The van der Waals surface area contributed by atoms with Crippen LogP contribution in [0.5, 0.6) is 5.75 Å². The van der Waals surface area contributed by atoms with Crippen molar-refractivity contribution >= 4 is 5.71 Å². The fourth-order valence-corrected chi connectivity index (χ4v) is 2.66. The van der Waals surface area contributed by atoms with Gasteiger partial charge in [0.25, 0.3) is 0 Å². The van der Waals surface area contributed by atoms with Crippen LogP contribution in [0.2, 0.25) is 0 Å². The van der Waals surface area contributed by atoms with Crippen LogP contribution in [0.1, 0.15) is 24.0 Å². The predicted molar refractivity (Wildman–Crippen MR) is 75.5 cm³/mol. The van der Waals surface area contributed by atoms with Gasteiger partial charge in [-0.05, 0) is 57.6 Å². The molecule has 1 heterocycles. The molecule has 0 spiro atoms. The van der Waals surface area contributed by atoms with Crippen LogP contribution in [0, 0.1) is 12.8 Å². The van der Waals surface area contributed by atoms with Crippen LogP contribution in [-0.4, -0.2) is 42.9 Å². The van der Waals surface area contributed by atoms with E-state index in [0.29, 0.717) is 11.7 Å². The van der Waals surface area contributed by atoms with Gasteiger partial charge in [-0.1, -0.05) is 6.07 Å². The number of aryl methyl sites for hydroxylation is 1. The van der Waals surface area contributed by atoms with Crippen LogP contribution in [0.15, 0.2) is 23.2 Å². The summed E-state index contributed by atoms with van der Waals surface area (Å²) in [6.07, 6.45) is 2.24. The normalized spacial score (nSPS) is 19.2. The molecule has 1 aromatic rings. The Morgan fingerprint density at radius 2 is 2.00 bits per heavy atom. The maximum atomic E-state index is 10.1. The lowest BCUT2D eigenvalue weighted by molar-refractivity contribution is 0.252. The molecule has 0 amide bonds. The van der Waals surface area contributed by atoms with Gasteiger partial charge in [0, 0.05) is 24.2 Å². The van der Waals surface area contributed by atoms with E-state index in [4.69, 9.17) is 0 Å². The number of phenols is 1. The number of piperidine rings is 1. The first-order valence-corrected chi connectivity index (χ1v) is 6.57. The standard InChI is InChI=1S/C15H22N2O/c1-11-4-5-13(14(18)10-11)15(16-2)12-6-8-17(3)9-7-12/h4-5,10,12,18H,6-9H2,1-3H3. The molecule has 0 radical (unpaired) electrons. The molecule has 1 aromatic carbocycles. The molecule has 0 unspecified atom stereocenters. The zero-order valence-corrected chi connectivity index (χ0v) is 11.5. The van der Waals surface area contributed by atoms with E-state index in [1.165, 1.54) is 0 Å². The van der Waals surface area contributed by atoms with E-state index < -0.39 is 0 Å². The maximum Gasteiger partial charge on any atom is 0.124 e. The van der Waals surface area contributed by atoms with Gasteiger partial charge in [-0.15, -0.1) is 0 Å². The molecule has 2 rings (SSSR count). The van der Waals surface area contributed by atoms with Gasteiger partial charge >= 0.3 is 0 Å². The molecule has 0 atom stereocenters. The van der Waals surface area contributed by atoms with Gasteiger partial charge in [-0.25, -0.2) is 0 Å². The van der Waals surface area contributed by atoms with Crippen LogP contribution < -0.4 is 0 Å². The molecule has 1 saturated heterocycles. The quantitative estimate of drug-likeness (QED) is 0.814. The molecular weight excluding hydrogens is 224 g/mol. The van der Waals surface area contributed by atoms with E-state index >= 15 is 0 Å². The molecule has 0 saturated carbocycles. The molecule has 0 aromatic heterocycles. The first-order valence-electron chi connectivity index (χ1n) is 6.57. The molecular formula is C15H22N2O. The Hall–Kier alpha value is -1.35. The minimum atomic E-state index is 0.356. The lowest BCUT2D eigenvalue weighted by Crippen LogP contribution is -2.34. The fraction of sp³-hybridized carbons (Fsp3) is 0.533. The van der Waals surface area contributed by atoms with Gasteiger partial charge in [-0.2, -0.15) is 0 Å². The summed E-state index contributed by atoms with van der Waals surface area (Å²) in [6.45, 7) is 4.20. The molecule has 1 N–H and O–H groups in total. The number of phenolic OH excluding ortho intramolecular Hbond substituents is 1. The second-order valence-electron chi connectivity index (χ2n) is 5.21. The molecule has 18 heavy (non-hydrogen) atoms. The number of benzene rings is 1. The van der Waals surface area contributed by atoms with E-state index in [9.17, 15) is 5.11 Å². The fourth-order valence-electron chi connectivity index (χ4n) is 2.66. The number of rotatable bonds is 2. The van der Waals surface area contributed by atoms with Crippen molar-refractivity contribution in [3.05, 3.63) is 29.3 Å². The van der Waals surface area contributed by atoms with Crippen LogP contribution in [0.25, 0.3) is 0 Å². The molecule has 3 nitrogen and oxygen atoms in total. The highest BCUT2D eigenvalue weighted by molar-refractivity contribution is 6.04. The minimum Gasteiger partial charge on any atom is -0.507 e. The van der Waals surface area contributed by atoms with Gasteiger partial charge in [0.1, 0.15) is 5.75 Å². The van der Waals surface area contributed by atoms with Crippen molar-refractivity contribution in [2.24, 2.45) is 10.9 Å². The number of hydrogen-bond donors (Lipinski definition) is 1. The Kier molecular flexibility index (Phi) is 4.02. The lowest BCUT2D eigenvalue weighted by atomic mass is 9.87. The maximum absolute atomic E-state index is 10.1. The van der Waals surface area contributed by atoms with E-state index in [0.717, 1.165) is 42.8 Å². The summed E-state index contributed by atoms with van der Waals surface area (Å²) in [4.78, 5) is 6.78. The molecule has 98 valence electrons. The monoisotopic (exact) mass is 246 g/mol. The van der Waals surface area contributed by atoms with Crippen molar-refractivity contribution in [3.8, 4) is 5.75 Å². The van der Waals surface area contributed by atoms with E-state index in [2.05, 4.69) is 16.9 Å². The Morgan fingerprint density at radius 3 is 2.56 bits per heavy atom. The van der Waals surface area contributed by atoms with Crippen molar-refractivity contribution in [2.45, 2.75) is 19.8 Å². The highest BCUT2D eigenvalue weighted by Crippen LogP contribution is 2.27. The van der Waals surface area contributed by atoms with Crippen LogP contribution in [0.4, 0.5) is 0 Å². The topological polar surface area (TPSA) is 35.8 Å². The van der Waals surface area contributed by atoms with Gasteiger partial charge in [0.05, 0.1) is 0 Å².